The predicted molar refractivity (Wildman–Crippen MR) is 69.6 cm³/mol. The molecule has 0 aliphatic heterocycles. The van der Waals surface area contributed by atoms with Crippen LogP contribution in [-0.4, -0.2) is 17.5 Å². The van der Waals surface area contributed by atoms with Crippen LogP contribution in [0.25, 0.3) is 0 Å². The van der Waals surface area contributed by atoms with Gasteiger partial charge in [0.05, 0.1) is 5.60 Å². The fourth-order valence-corrected chi connectivity index (χ4v) is 3.16. The summed E-state index contributed by atoms with van der Waals surface area (Å²) in [4.78, 5) is 0.760. The smallest absolute Gasteiger partial charge is 0.0622 e. The monoisotopic (exact) mass is 276 g/mol. The van der Waals surface area contributed by atoms with Gasteiger partial charge in [0, 0.05) is 11.9 Å². The van der Waals surface area contributed by atoms with Crippen molar-refractivity contribution in [3.63, 3.8) is 0 Å². The third kappa shape index (κ3) is 5.35. The molecule has 0 radical (unpaired) electrons. The highest BCUT2D eigenvalue weighted by Gasteiger charge is 2.22. The number of ether oxygens (including phenoxy) is 1. The molecule has 0 aromatic carbocycles. The standard InChI is InChI=1S/C13H25BrO/c1-13(2,15-3)9-8-11-6-4-5-7-12(14)10-11/h11-12H,4-10H2,1-3H3. The lowest BCUT2D eigenvalue weighted by Crippen LogP contribution is -2.23. The summed E-state index contributed by atoms with van der Waals surface area (Å²) in [6.07, 6.45) is 9.48. The Labute approximate surface area is 103 Å². The van der Waals surface area contributed by atoms with E-state index in [2.05, 4.69) is 29.8 Å². The lowest BCUT2D eigenvalue weighted by molar-refractivity contribution is 0.00990. The van der Waals surface area contributed by atoms with E-state index in [-0.39, 0.29) is 5.60 Å². The van der Waals surface area contributed by atoms with Crippen LogP contribution in [0, 0.1) is 5.92 Å². The SMILES string of the molecule is COC(C)(C)CCC1CCCCC(Br)C1. The van der Waals surface area contributed by atoms with Gasteiger partial charge in [-0.1, -0.05) is 35.2 Å². The van der Waals surface area contributed by atoms with Crippen molar-refractivity contribution >= 4 is 15.9 Å². The Bertz CT molecular complexity index is 179. The van der Waals surface area contributed by atoms with E-state index in [4.69, 9.17) is 4.74 Å². The number of methoxy groups -OCH3 is 1. The van der Waals surface area contributed by atoms with Crippen LogP contribution in [0.5, 0.6) is 0 Å². The maximum absolute atomic E-state index is 5.48. The summed E-state index contributed by atoms with van der Waals surface area (Å²) in [7, 11) is 1.82. The molecule has 0 bridgehead atoms. The normalized spacial score (nSPS) is 28.8. The van der Waals surface area contributed by atoms with Crippen molar-refractivity contribution in [2.24, 2.45) is 5.92 Å². The van der Waals surface area contributed by atoms with Crippen LogP contribution in [0.1, 0.15) is 58.8 Å². The molecule has 0 heterocycles. The van der Waals surface area contributed by atoms with E-state index in [0.717, 1.165) is 10.7 Å². The van der Waals surface area contributed by atoms with E-state index in [1.807, 2.05) is 7.11 Å². The fourth-order valence-electron chi connectivity index (χ4n) is 2.31. The molecule has 1 rings (SSSR count). The van der Waals surface area contributed by atoms with Crippen molar-refractivity contribution < 1.29 is 4.74 Å². The number of hydrogen-bond acceptors (Lipinski definition) is 1. The van der Waals surface area contributed by atoms with E-state index in [1.165, 1.54) is 44.9 Å². The Morgan fingerprint density at radius 3 is 2.60 bits per heavy atom. The van der Waals surface area contributed by atoms with Crippen LogP contribution in [0.15, 0.2) is 0 Å². The van der Waals surface area contributed by atoms with Crippen molar-refractivity contribution in [3.8, 4) is 0 Å². The molecule has 2 heteroatoms. The van der Waals surface area contributed by atoms with Gasteiger partial charge in [0.25, 0.3) is 0 Å². The maximum atomic E-state index is 5.48. The quantitative estimate of drug-likeness (QED) is 0.541. The Morgan fingerprint density at radius 2 is 1.93 bits per heavy atom. The third-order valence-electron chi connectivity index (χ3n) is 3.68. The Hall–Kier alpha value is 0.440. The molecule has 0 amide bonds. The zero-order valence-corrected chi connectivity index (χ0v) is 12.0. The lowest BCUT2D eigenvalue weighted by Gasteiger charge is -2.25. The van der Waals surface area contributed by atoms with Gasteiger partial charge >= 0.3 is 0 Å². The number of halogens is 1. The van der Waals surface area contributed by atoms with Gasteiger partial charge in [-0.25, -0.2) is 0 Å². The number of alkyl halides is 1. The molecule has 2 unspecified atom stereocenters. The summed E-state index contributed by atoms with van der Waals surface area (Å²) in [6, 6.07) is 0. The third-order valence-corrected chi connectivity index (χ3v) is 4.51. The summed E-state index contributed by atoms with van der Waals surface area (Å²) < 4.78 is 5.48. The van der Waals surface area contributed by atoms with Crippen LogP contribution >= 0.6 is 15.9 Å². The molecule has 1 nitrogen and oxygen atoms in total. The Balaban J connectivity index is 2.30. The number of hydrogen-bond donors (Lipinski definition) is 0. The van der Waals surface area contributed by atoms with Crippen molar-refractivity contribution in [2.45, 2.75) is 69.2 Å². The highest BCUT2D eigenvalue weighted by molar-refractivity contribution is 9.09. The van der Waals surface area contributed by atoms with Crippen molar-refractivity contribution in [1.29, 1.82) is 0 Å². The van der Waals surface area contributed by atoms with Crippen LogP contribution < -0.4 is 0 Å². The fraction of sp³-hybridized carbons (Fsp3) is 1.00. The first-order chi connectivity index (χ1) is 7.03. The van der Waals surface area contributed by atoms with Crippen LogP contribution in [0.2, 0.25) is 0 Å². The number of rotatable bonds is 4. The van der Waals surface area contributed by atoms with E-state index >= 15 is 0 Å². The van der Waals surface area contributed by atoms with E-state index in [0.29, 0.717) is 0 Å². The second-order valence-corrected chi connectivity index (χ2v) is 6.78. The van der Waals surface area contributed by atoms with E-state index < -0.39 is 0 Å². The summed E-state index contributed by atoms with van der Waals surface area (Å²) in [5.74, 6) is 0.909. The van der Waals surface area contributed by atoms with Crippen LogP contribution in [-0.2, 0) is 4.74 Å². The molecule has 90 valence electrons. The highest BCUT2D eigenvalue weighted by Crippen LogP contribution is 2.32. The first kappa shape index (κ1) is 13.5. The van der Waals surface area contributed by atoms with Gasteiger partial charge in [-0.05, 0) is 45.4 Å². The van der Waals surface area contributed by atoms with E-state index in [9.17, 15) is 0 Å². The molecule has 0 aromatic heterocycles. The average molecular weight is 277 g/mol. The minimum Gasteiger partial charge on any atom is -0.379 e. The second kappa shape index (κ2) is 6.24. The second-order valence-electron chi connectivity index (χ2n) is 5.49. The van der Waals surface area contributed by atoms with Gasteiger partial charge in [0.1, 0.15) is 0 Å². The molecular weight excluding hydrogens is 252 g/mol. The first-order valence-corrected chi connectivity index (χ1v) is 7.14. The van der Waals surface area contributed by atoms with Crippen LogP contribution in [0.4, 0.5) is 0 Å². The topological polar surface area (TPSA) is 9.23 Å². The van der Waals surface area contributed by atoms with Crippen molar-refractivity contribution in [1.82, 2.24) is 0 Å². The minimum atomic E-state index is 0.0636. The summed E-state index contributed by atoms with van der Waals surface area (Å²) in [5, 5.41) is 0. The van der Waals surface area contributed by atoms with Gasteiger partial charge in [0.2, 0.25) is 0 Å². The van der Waals surface area contributed by atoms with Gasteiger partial charge in [-0.15, -0.1) is 0 Å². The summed E-state index contributed by atoms with van der Waals surface area (Å²) in [5.41, 5.74) is 0.0636. The molecule has 1 aliphatic rings. The molecule has 15 heavy (non-hydrogen) atoms. The van der Waals surface area contributed by atoms with Crippen molar-refractivity contribution in [3.05, 3.63) is 0 Å². The molecular formula is C13H25BrO. The average Bonchev–Trinajstić information content (AvgIpc) is 2.40. The van der Waals surface area contributed by atoms with Crippen LogP contribution in [0.3, 0.4) is 0 Å². The van der Waals surface area contributed by atoms with E-state index in [1.54, 1.807) is 0 Å². The first-order valence-electron chi connectivity index (χ1n) is 6.23. The molecule has 1 fully saturated rings. The largest absolute Gasteiger partial charge is 0.379 e. The molecule has 0 aromatic rings. The lowest BCUT2D eigenvalue weighted by atomic mass is 9.90. The molecule has 2 atom stereocenters. The molecule has 1 saturated carbocycles. The molecule has 0 saturated heterocycles. The zero-order chi connectivity index (χ0) is 11.3. The zero-order valence-electron chi connectivity index (χ0n) is 10.4. The minimum absolute atomic E-state index is 0.0636. The summed E-state index contributed by atoms with van der Waals surface area (Å²) in [6.45, 7) is 4.38. The Morgan fingerprint density at radius 1 is 1.27 bits per heavy atom. The van der Waals surface area contributed by atoms with Gasteiger partial charge in [-0.2, -0.15) is 0 Å². The summed E-state index contributed by atoms with van der Waals surface area (Å²) >= 11 is 3.78. The molecule has 1 aliphatic carbocycles. The Kier molecular flexibility index (Phi) is 5.62. The van der Waals surface area contributed by atoms with Gasteiger partial charge < -0.3 is 4.74 Å². The highest BCUT2D eigenvalue weighted by atomic mass is 79.9. The molecule has 0 N–H and O–H groups in total. The predicted octanol–water partition coefficient (Wildman–Crippen LogP) is 4.54. The maximum Gasteiger partial charge on any atom is 0.0622 e. The van der Waals surface area contributed by atoms with Gasteiger partial charge in [0.15, 0.2) is 0 Å². The van der Waals surface area contributed by atoms with Gasteiger partial charge in [-0.3, -0.25) is 0 Å². The van der Waals surface area contributed by atoms with Crippen molar-refractivity contribution in [2.75, 3.05) is 7.11 Å². The molecule has 0 spiro atoms.